The molecule has 150 valence electrons. The standard InChI is InChI=1S/C22H22ClN3O3/c1-15-9-16(11-24-2)3-6-20(15)21(27)13-26-8-7-19(10-22(26)28)29-14-18-5-4-17(23)12-25-18/h3-10,12,24H,11,13-14H2,1-2H3. The molecule has 0 spiro atoms. The molecule has 3 aromatic rings. The first kappa shape index (κ1) is 20.8. The number of ether oxygens (including phenoxy) is 1. The third-order valence-corrected chi connectivity index (χ3v) is 4.65. The second-order valence-corrected chi connectivity index (χ2v) is 7.12. The largest absolute Gasteiger partial charge is 0.487 e. The molecule has 0 radical (unpaired) electrons. The van der Waals surface area contributed by atoms with Crippen LogP contribution in [0.5, 0.6) is 5.75 Å². The third-order valence-electron chi connectivity index (χ3n) is 4.43. The van der Waals surface area contributed by atoms with E-state index in [1.54, 1.807) is 24.4 Å². The van der Waals surface area contributed by atoms with Crippen LogP contribution < -0.4 is 15.6 Å². The Bertz CT molecular complexity index is 1060. The molecular weight excluding hydrogens is 390 g/mol. The molecule has 2 heterocycles. The number of nitrogens with one attached hydrogen (secondary N) is 1. The normalized spacial score (nSPS) is 10.7. The van der Waals surface area contributed by atoms with Gasteiger partial charge in [-0.1, -0.05) is 29.8 Å². The molecule has 2 aromatic heterocycles. The van der Waals surface area contributed by atoms with E-state index in [9.17, 15) is 9.59 Å². The van der Waals surface area contributed by atoms with Gasteiger partial charge in [-0.3, -0.25) is 14.6 Å². The van der Waals surface area contributed by atoms with Crippen molar-refractivity contribution < 1.29 is 9.53 Å². The van der Waals surface area contributed by atoms with Gasteiger partial charge in [0.25, 0.3) is 5.56 Å². The van der Waals surface area contributed by atoms with Crippen LogP contribution in [0.25, 0.3) is 0 Å². The van der Waals surface area contributed by atoms with Crippen LogP contribution in [0.15, 0.2) is 59.7 Å². The maximum absolute atomic E-state index is 12.7. The summed E-state index contributed by atoms with van der Waals surface area (Å²) < 4.78 is 6.97. The van der Waals surface area contributed by atoms with E-state index in [2.05, 4.69) is 10.3 Å². The summed E-state index contributed by atoms with van der Waals surface area (Å²) in [6.07, 6.45) is 3.10. The van der Waals surface area contributed by atoms with E-state index < -0.39 is 0 Å². The molecule has 0 aliphatic carbocycles. The molecule has 1 aromatic carbocycles. The van der Waals surface area contributed by atoms with Gasteiger partial charge < -0.3 is 14.6 Å². The molecule has 0 fully saturated rings. The average molecular weight is 412 g/mol. The van der Waals surface area contributed by atoms with Gasteiger partial charge in [-0.05, 0) is 43.3 Å². The maximum atomic E-state index is 12.7. The SMILES string of the molecule is CNCc1ccc(C(=O)Cn2ccc(OCc3ccc(Cl)cn3)cc2=O)c(C)c1. The molecule has 29 heavy (non-hydrogen) atoms. The number of pyridine rings is 2. The first-order chi connectivity index (χ1) is 14.0. The number of rotatable bonds is 8. The predicted octanol–water partition coefficient (Wildman–Crippen LogP) is 3.39. The minimum absolute atomic E-state index is 0.0237. The Labute approximate surface area is 174 Å². The van der Waals surface area contributed by atoms with Gasteiger partial charge in [0.1, 0.15) is 12.4 Å². The molecule has 0 aliphatic heterocycles. The summed E-state index contributed by atoms with van der Waals surface area (Å²) in [7, 11) is 1.88. The molecule has 0 aliphatic rings. The molecular formula is C22H22ClN3O3. The third kappa shape index (κ3) is 5.53. The average Bonchev–Trinajstić information content (AvgIpc) is 2.69. The van der Waals surface area contributed by atoms with Gasteiger partial charge in [-0.2, -0.15) is 0 Å². The Hall–Kier alpha value is -2.96. The van der Waals surface area contributed by atoms with E-state index in [1.165, 1.54) is 16.8 Å². The van der Waals surface area contributed by atoms with Crippen molar-refractivity contribution in [3.8, 4) is 5.75 Å². The summed E-state index contributed by atoms with van der Waals surface area (Å²) in [5, 5.41) is 3.63. The molecule has 6 nitrogen and oxygen atoms in total. The van der Waals surface area contributed by atoms with Crippen molar-refractivity contribution in [2.75, 3.05) is 7.05 Å². The lowest BCUT2D eigenvalue weighted by Gasteiger charge is -2.10. The molecule has 0 atom stereocenters. The van der Waals surface area contributed by atoms with Gasteiger partial charge >= 0.3 is 0 Å². The van der Waals surface area contributed by atoms with Gasteiger partial charge in [0.05, 0.1) is 17.3 Å². The van der Waals surface area contributed by atoms with Gasteiger partial charge in [0.2, 0.25) is 0 Å². The van der Waals surface area contributed by atoms with E-state index in [4.69, 9.17) is 16.3 Å². The summed E-state index contributed by atoms with van der Waals surface area (Å²) in [4.78, 5) is 29.2. The lowest BCUT2D eigenvalue weighted by atomic mass is 10.0. The fourth-order valence-electron chi connectivity index (χ4n) is 2.95. The zero-order valence-corrected chi connectivity index (χ0v) is 17.1. The highest BCUT2D eigenvalue weighted by Gasteiger charge is 2.12. The molecule has 1 N–H and O–H groups in total. The molecule has 0 unspecified atom stereocenters. The minimum Gasteiger partial charge on any atom is -0.487 e. The van der Waals surface area contributed by atoms with Crippen molar-refractivity contribution in [2.24, 2.45) is 0 Å². The lowest BCUT2D eigenvalue weighted by Crippen LogP contribution is -2.23. The van der Waals surface area contributed by atoms with Gasteiger partial charge in [0, 0.05) is 30.6 Å². The Morgan fingerprint density at radius 1 is 1.21 bits per heavy atom. The van der Waals surface area contributed by atoms with E-state index in [0.717, 1.165) is 17.7 Å². The van der Waals surface area contributed by atoms with Crippen molar-refractivity contribution >= 4 is 17.4 Å². The number of benzene rings is 1. The number of hydrogen-bond acceptors (Lipinski definition) is 5. The fraction of sp³-hybridized carbons (Fsp3) is 0.227. The van der Waals surface area contributed by atoms with Crippen molar-refractivity contribution in [1.29, 1.82) is 0 Å². The number of aromatic nitrogens is 2. The highest BCUT2D eigenvalue weighted by molar-refractivity contribution is 6.30. The molecule has 0 bridgehead atoms. The van der Waals surface area contributed by atoms with Crippen molar-refractivity contribution in [3.05, 3.63) is 92.6 Å². The van der Waals surface area contributed by atoms with Crippen molar-refractivity contribution in [1.82, 2.24) is 14.9 Å². The number of carbonyl (C=O) groups is 1. The minimum atomic E-state index is -0.302. The first-order valence-corrected chi connectivity index (χ1v) is 9.55. The predicted molar refractivity (Wildman–Crippen MR) is 113 cm³/mol. The second-order valence-electron chi connectivity index (χ2n) is 6.69. The smallest absolute Gasteiger partial charge is 0.254 e. The number of carbonyl (C=O) groups excluding carboxylic acids is 1. The number of nitrogens with zero attached hydrogens (tertiary/aromatic N) is 2. The first-order valence-electron chi connectivity index (χ1n) is 9.17. The molecule has 0 amide bonds. The summed E-state index contributed by atoms with van der Waals surface area (Å²) in [5.74, 6) is 0.308. The van der Waals surface area contributed by atoms with Crippen LogP contribution in [0.1, 0.15) is 27.2 Å². The fourth-order valence-corrected chi connectivity index (χ4v) is 3.06. The van der Waals surface area contributed by atoms with Gasteiger partial charge in [-0.25, -0.2) is 0 Å². The van der Waals surface area contributed by atoms with Crippen LogP contribution in [-0.2, 0) is 19.7 Å². The van der Waals surface area contributed by atoms with Gasteiger partial charge in [0.15, 0.2) is 5.78 Å². The number of ketones is 1. The lowest BCUT2D eigenvalue weighted by molar-refractivity contribution is 0.0970. The Morgan fingerprint density at radius 2 is 2.03 bits per heavy atom. The van der Waals surface area contributed by atoms with Crippen molar-refractivity contribution in [3.63, 3.8) is 0 Å². The van der Waals surface area contributed by atoms with Crippen LogP contribution in [0.3, 0.4) is 0 Å². The summed E-state index contributed by atoms with van der Waals surface area (Å²) in [5.41, 5.74) is 3.02. The Kier molecular flexibility index (Phi) is 6.80. The topological polar surface area (TPSA) is 73.2 Å². The number of hydrogen-bond donors (Lipinski definition) is 1. The zero-order chi connectivity index (χ0) is 20.8. The van der Waals surface area contributed by atoms with E-state index >= 15 is 0 Å². The molecule has 0 saturated heterocycles. The number of aryl methyl sites for hydroxylation is 1. The molecule has 0 saturated carbocycles. The summed E-state index contributed by atoms with van der Waals surface area (Å²) >= 11 is 5.81. The highest BCUT2D eigenvalue weighted by Crippen LogP contribution is 2.14. The quantitative estimate of drug-likeness (QED) is 0.575. The highest BCUT2D eigenvalue weighted by atomic mass is 35.5. The van der Waals surface area contributed by atoms with Crippen LogP contribution in [-0.4, -0.2) is 22.4 Å². The number of halogens is 1. The number of Topliss-reactive ketones (excluding diaryl/α,β-unsaturated/α-hetero) is 1. The van der Waals surface area contributed by atoms with E-state index in [-0.39, 0.29) is 24.5 Å². The molecule has 3 rings (SSSR count). The van der Waals surface area contributed by atoms with Crippen LogP contribution >= 0.6 is 11.6 Å². The zero-order valence-electron chi connectivity index (χ0n) is 16.3. The van der Waals surface area contributed by atoms with E-state index in [0.29, 0.717) is 22.0 Å². The summed E-state index contributed by atoms with van der Waals surface area (Å²) in [6, 6.07) is 12.2. The van der Waals surface area contributed by atoms with Crippen LogP contribution in [0, 0.1) is 6.92 Å². The van der Waals surface area contributed by atoms with Crippen molar-refractivity contribution in [2.45, 2.75) is 26.6 Å². The monoisotopic (exact) mass is 411 g/mol. The molecule has 7 heteroatoms. The Morgan fingerprint density at radius 3 is 2.69 bits per heavy atom. The Balaban J connectivity index is 1.66. The van der Waals surface area contributed by atoms with Crippen LogP contribution in [0.4, 0.5) is 0 Å². The summed E-state index contributed by atoms with van der Waals surface area (Å²) in [6.45, 7) is 2.83. The second kappa shape index (κ2) is 9.49. The van der Waals surface area contributed by atoms with Crippen LogP contribution in [0.2, 0.25) is 5.02 Å². The van der Waals surface area contributed by atoms with Gasteiger partial charge in [-0.15, -0.1) is 0 Å². The van der Waals surface area contributed by atoms with E-state index in [1.807, 2.05) is 32.2 Å². The maximum Gasteiger partial charge on any atom is 0.254 e.